The molecule has 0 aliphatic heterocycles. The molecular weight excluding hydrogens is 309 g/mol. The molecular formula is C14H11NO6P+. The summed E-state index contributed by atoms with van der Waals surface area (Å²) < 4.78 is 10.5. The number of hydrogen-bond acceptors (Lipinski definition) is 5. The van der Waals surface area contributed by atoms with Crippen LogP contribution in [-0.4, -0.2) is 22.2 Å². The van der Waals surface area contributed by atoms with Crippen LogP contribution in [0, 0.1) is 5.16 Å². The van der Waals surface area contributed by atoms with Crippen LogP contribution in [0.4, 0.5) is 0 Å². The van der Waals surface area contributed by atoms with Gasteiger partial charge in [-0.25, -0.2) is 18.6 Å². The third-order valence-electron chi connectivity index (χ3n) is 2.58. The van der Waals surface area contributed by atoms with Crippen molar-refractivity contribution in [2.24, 2.45) is 0 Å². The van der Waals surface area contributed by atoms with Crippen molar-refractivity contribution in [3.05, 3.63) is 59.7 Å². The quantitative estimate of drug-likeness (QED) is 0.700. The molecule has 0 aliphatic carbocycles. The predicted molar refractivity (Wildman–Crippen MR) is 77.7 cm³/mol. The van der Waals surface area contributed by atoms with Gasteiger partial charge in [-0.15, -0.1) is 0 Å². The molecule has 0 atom stereocenters. The van der Waals surface area contributed by atoms with Crippen LogP contribution in [0.1, 0.15) is 20.7 Å². The van der Waals surface area contributed by atoms with Gasteiger partial charge < -0.3 is 10.2 Å². The van der Waals surface area contributed by atoms with Gasteiger partial charge in [-0.1, -0.05) is 0 Å². The summed E-state index contributed by atoms with van der Waals surface area (Å²) in [5, 5.41) is 25.3. The number of carboxylic acid groups (broad SMARTS) is 2. The molecule has 2 rings (SSSR count). The minimum atomic E-state index is -2.03. The van der Waals surface area contributed by atoms with E-state index in [-0.39, 0.29) is 11.1 Å². The van der Waals surface area contributed by atoms with Crippen LogP contribution in [0.3, 0.4) is 0 Å². The van der Waals surface area contributed by atoms with E-state index in [4.69, 9.17) is 24.4 Å². The molecule has 3 N–H and O–H groups in total. The zero-order chi connectivity index (χ0) is 16.1. The van der Waals surface area contributed by atoms with Gasteiger partial charge in [-0.3, -0.25) is 0 Å². The van der Waals surface area contributed by atoms with Gasteiger partial charge in [0.1, 0.15) is 0 Å². The third-order valence-corrected chi connectivity index (χ3v) is 3.33. The normalized spacial score (nSPS) is 9.82. The van der Waals surface area contributed by atoms with Gasteiger partial charge in [0.15, 0.2) is 11.5 Å². The zero-order valence-electron chi connectivity index (χ0n) is 11.1. The van der Waals surface area contributed by atoms with E-state index < -0.39 is 20.1 Å². The Kier molecular flexibility index (Phi) is 4.70. The van der Waals surface area contributed by atoms with Crippen LogP contribution in [0.2, 0.25) is 0 Å². The van der Waals surface area contributed by atoms with Crippen molar-refractivity contribution < 1.29 is 28.8 Å². The average Bonchev–Trinajstić information content (AvgIpc) is 2.48. The second kappa shape index (κ2) is 6.69. The molecule has 0 unspecified atom stereocenters. The fourth-order valence-corrected chi connectivity index (χ4v) is 2.19. The number of aromatic carboxylic acids is 2. The molecule has 0 amide bonds. The first kappa shape index (κ1) is 15.5. The Labute approximate surface area is 126 Å². The lowest BCUT2D eigenvalue weighted by Crippen LogP contribution is -1.96. The fourth-order valence-electron chi connectivity index (χ4n) is 1.53. The number of carboxylic acids is 2. The van der Waals surface area contributed by atoms with Crippen molar-refractivity contribution in [1.82, 2.24) is 0 Å². The van der Waals surface area contributed by atoms with Crippen LogP contribution in [0.5, 0.6) is 11.5 Å². The lowest BCUT2D eigenvalue weighted by Gasteiger charge is -1.98. The number of carbonyl (C=O) groups is 2. The number of hydrogen-bond donors (Lipinski definition) is 3. The van der Waals surface area contributed by atoms with Gasteiger partial charge in [-0.2, -0.15) is 0 Å². The maximum Gasteiger partial charge on any atom is 0.664 e. The Balaban J connectivity index is 1.97. The van der Waals surface area contributed by atoms with Crippen molar-refractivity contribution in [3.63, 3.8) is 0 Å². The SMILES string of the molecule is N=[P+](Oc1ccc(C(=O)O)cc1)Oc1ccc(C(=O)O)cc1. The molecule has 0 aromatic heterocycles. The number of benzene rings is 2. The molecule has 0 bridgehead atoms. The smallest absolute Gasteiger partial charge is 0.478 e. The Morgan fingerprint density at radius 3 is 1.36 bits per heavy atom. The predicted octanol–water partition coefficient (Wildman–Crippen LogP) is 3.62. The molecule has 2 aromatic carbocycles. The second-order valence-corrected chi connectivity index (χ2v) is 4.98. The third kappa shape index (κ3) is 4.04. The van der Waals surface area contributed by atoms with Crippen molar-refractivity contribution in [2.45, 2.75) is 0 Å². The lowest BCUT2D eigenvalue weighted by atomic mass is 10.2. The average molecular weight is 320 g/mol. The first-order valence-corrected chi connectivity index (χ1v) is 7.17. The maximum atomic E-state index is 10.7. The van der Waals surface area contributed by atoms with Gasteiger partial charge in [-0.05, 0) is 53.7 Å². The molecule has 0 aliphatic rings. The topological polar surface area (TPSA) is 117 Å². The minimum Gasteiger partial charge on any atom is -0.478 e. The Morgan fingerprint density at radius 2 is 1.09 bits per heavy atom. The van der Waals surface area contributed by atoms with Gasteiger partial charge in [0.05, 0.1) is 11.1 Å². The monoisotopic (exact) mass is 320 g/mol. The molecule has 0 spiro atoms. The summed E-state index contributed by atoms with van der Waals surface area (Å²) in [5.74, 6) is -1.47. The molecule has 112 valence electrons. The van der Waals surface area contributed by atoms with Crippen LogP contribution in [0.25, 0.3) is 0 Å². The molecule has 0 heterocycles. The highest BCUT2D eigenvalue weighted by Crippen LogP contribution is 2.31. The van der Waals surface area contributed by atoms with Crippen molar-refractivity contribution in [3.8, 4) is 11.5 Å². The van der Waals surface area contributed by atoms with Gasteiger partial charge in [0.25, 0.3) is 0 Å². The molecule has 0 saturated carbocycles. The van der Waals surface area contributed by atoms with Crippen LogP contribution < -0.4 is 9.05 Å². The van der Waals surface area contributed by atoms with Gasteiger partial charge in [0, 0.05) is 0 Å². The van der Waals surface area contributed by atoms with E-state index in [2.05, 4.69) is 0 Å². The van der Waals surface area contributed by atoms with E-state index in [0.717, 1.165) is 0 Å². The number of nitrogens with one attached hydrogen (secondary N) is 1. The second-order valence-electron chi connectivity index (χ2n) is 4.10. The summed E-state index contributed by atoms with van der Waals surface area (Å²) >= 11 is 0. The van der Waals surface area contributed by atoms with E-state index in [0.29, 0.717) is 11.5 Å². The van der Waals surface area contributed by atoms with E-state index >= 15 is 0 Å². The van der Waals surface area contributed by atoms with Gasteiger partial charge in [0.2, 0.25) is 0 Å². The largest absolute Gasteiger partial charge is 0.664 e. The Bertz CT molecular complexity index is 650. The van der Waals surface area contributed by atoms with Crippen molar-refractivity contribution in [2.75, 3.05) is 0 Å². The molecule has 0 saturated heterocycles. The summed E-state index contributed by atoms with van der Waals surface area (Å²) in [6, 6.07) is 11.2. The summed E-state index contributed by atoms with van der Waals surface area (Å²) in [5.41, 5.74) is 0.235. The fraction of sp³-hybridized carbons (Fsp3) is 0. The van der Waals surface area contributed by atoms with Crippen molar-refractivity contribution >= 4 is 20.1 Å². The maximum absolute atomic E-state index is 10.7. The lowest BCUT2D eigenvalue weighted by molar-refractivity contribution is 0.0686. The first-order chi connectivity index (χ1) is 10.5. The van der Waals surface area contributed by atoms with Gasteiger partial charge >= 0.3 is 20.1 Å². The standard InChI is InChI=1S/C14H10NO6P/c15-22(20-11-5-1-9(2-6-11)13(16)17)21-12-7-3-10(4-8-12)14(18)19/h1-8,15H,(H-,16,17,18,19)/p+1. The minimum absolute atomic E-state index is 0.117. The van der Waals surface area contributed by atoms with E-state index in [1.807, 2.05) is 0 Å². The summed E-state index contributed by atoms with van der Waals surface area (Å²) in [4.78, 5) is 21.4. The van der Waals surface area contributed by atoms with Crippen LogP contribution in [-0.2, 0) is 0 Å². The highest BCUT2D eigenvalue weighted by atomic mass is 31.1. The molecule has 2 aromatic rings. The Hall–Kier alpha value is -2.92. The highest BCUT2D eigenvalue weighted by molar-refractivity contribution is 7.35. The summed E-state index contributed by atoms with van der Waals surface area (Å²) in [7, 11) is -2.03. The Morgan fingerprint density at radius 1 is 0.773 bits per heavy atom. The van der Waals surface area contributed by atoms with Crippen LogP contribution >= 0.6 is 8.17 Å². The molecule has 22 heavy (non-hydrogen) atoms. The molecule has 0 radical (unpaired) electrons. The van der Waals surface area contributed by atoms with E-state index in [1.165, 1.54) is 48.5 Å². The molecule has 7 nitrogen and oxygen atoms in total. The van der Waals surface area contributed by atoms with Crippen LogP contribution in [0.15, 0.2) is 48.5 Å². The van der Waals surface area contributed by atoms with E-state index in [9.17, 15) is 9.59 Å². The molecule has 8 heteroatoms. The number of rotatable bonds is 6. The summed E-state index contributed by atoms with van der Waals surface area (Å²) in [6.45, 7) is 0. The first-order valence-electron chi connectivity index (χ1n) is 6.00. The zero-order valence-corrected chi connectivity index (χ0v) is 12.0. The van der Waals surface area contributed by atoms with E-state index in [1.54, 1.807) is 0 Å². The summed E-state index contributed by atoms with van der Waals surface area (Å²) in [6.07, 6.45) is 0. The highest BCUT2D eigenvalue weighted by Gasteiger charge is 2.19. The molecule has 0 fully saturated rings. The van der Waals surface area contributed by atoms with Crippen molar-refractivity contribution in [1.29, 1.82) is 5.16 Å².